The Morgan fingerprint density at radius 1 is 0.385 bits per heavy atom. The first-order chi connectivity index (χ1) is 32.0. The molecule has 0 aliphatic rings. The molecule has 0 aromatic carbocycles. The van der Waals surface area contributed by atoms with E-state index in [0.29, 0.717) is 6.42 Å². The van der Waals surface area contributed by atoms with E-state index in [4.69, 9.17) is 0 Å². The summed E-state index contributed by atoms with van der Waals surface area (Å²) in [6.07, 6.45) is 71.1. The van der Waals surface area contributed by atoms with Crippen molar-refractivity contribution in [2.45, 2.75) is 347 Å². The van der Waals surface area contributed by atoms with Gasteiger partial charge >= 0.3 is 0 Å². The Kier molecular flexibility index (Phi) is 54.4. The van der Waals surface area contributed by atoms with Crippen molar-refractivity contribution in [2.24, 2.45) is 0 Å². The number of carbonyl (C=O) groups is 1. The Balaban J connectivity index is 3.46. The molecule has 0 radical (unpaired) electrons. The lowest BCUT2D eigenvalue weighted by atomic mass is 10.0. The predicted octanol–water partition coefficient (Wildman–Crippen LogP) is 18.5. The summed E-state index contributed by atoms with van der Waals surface area (Å²) in [6.45, 7) is 4.23. The van der Waals surface area contributed by atoms with Gasteiger partial charge in [-0.2, -0.15) is 0 Å². The zero-order chi connectivity index (χ0) is 47.2. The molecule has 4 N–H and O–H groups in total. The van der Waals surface area contributed by atoms with Gasteiger partial charge in [0.05, 0.1) is 31.3 Å². The molecule has 0 saturated carbocycles. The standard InChI is InChI=1S/C60H117NO4/c1-3-5-7-9-11-13-15-17-19-20-21-22-23-24-25-26-27-28-29-30-31-32-33-34-35-36-37-38-40-41-43-45-47-49-51-53-57(63)55-60(65)61-58(56-62)59(64)54-52-50-48-46-44-42-39-18-16-14-12-10-8-6-4-2/h44,46,52,54,57-59,62-64H,3-43,45,47-51,53,55-56H2,1-2H3,(H,61,65)/b46-44+,54-52+. The fourth-order valence-corrected chi connectivity index (χ4v) is 9.48. The highest BCUT2D eigenvalue weighted by Gasteiger charge is 2.20. The Morgan fingerprint density at radius 3 is 0.985 bits per heavy atom. The summed E-state index contributed by atoms with van der Waals surface area (Å²) in [5.74, 6) is -0.320. The van der Waals surface area contributed by atoms with Crippen LogP contribution in [0.25, 0.3) is 0 Å². The highest BCUT2D eigenvalue weighted by molar-refractivity contribution is 5.76. The minimum atomic E-state index is -0.949. The highest BCUT2D eigenvalue weighted by atomic mass is 16.3. The van der Waals surface area contributed by atoms with Gasteiger partial charge in [0.15, 0.2) is 0 Å². The van der Waals surface area contributed by atoms with Gasteiger partial charge in [0.1, 0.15) is 0 Å². The molecule has 0 saturated heterocycles. The molecule has 0 aliphatic carbocycles. The van der Waals surface area contributed by atoms with Crippen molar-refractivity contribution in [2.75, 3.05) is 6.61 Å². The van der Waals surface area contributed by atoms with Crippen LogP contribution in [0.4, 0.5) is 0 Å². The molecule has 1 amide bonds. The summed E-state index contributed by atoms with van der Waals surface area (Å²) < 4.78 is 0. The molecule has 386 valence electrons. The first kappa shape index (κ1) is 63.8. The van der Waals surface area contributed by atoms with Crippen molar-refractivity contribution in [3.63, 3.8) is 0 Å². The van der Waals surface area contributed by atoms with E-state index in [1.54, 1.807) is 6.08 Å². The summed E-state index contributed by atoms with van der Waals surface area (Å²) in [7, 11) is 0. The Hall–Kier alpha value is -1.17. The van der Waals surface area contributed by atoms with E-state index >= 15 is 0 Å². The number of amides is 1. The van der Waals surface area contributed by atoms with Gasteiger partial charge in [0.2, 0.25) is 5.91 Å². The molecule has 0 rings (SSSR count). The summed E-state index contributed by atoms with van der Waals surface area (Å²) in [5, 5.41) is 33.4. The second-order valence-electron chi connectivity index (χ2n) is 20.6. The van der Waals surface area contributed by atoms with Gasteiger partial charge in [-0.3, -0.25) is 4.79 Å². The molecule has 5 nitrogen and oxygen atoms in total. The normalized spacial score (nSPS) is 13.4. The predicted molar refractivity (Wildman–Crippen MR) is 287 cm³/mol. The number of hydrogen-bond donors (Lipinski definition) is 4. The third kappa shape index (κ3) is 52.1. The second kappa shape index (κ2) is 55.4. The number of hydrogen-bond acceptors (Lipinski definition) is 4. The van der Waals surface area contributed by atoms with Gasteiger partial charge in [-0.25, -0.2) is 0 Å². The maximum absolute atomic E-state index is 12.5. The van der Waals surface area contributed by atoms with Gasteiger partial charge in [-0.1, -0.05) is 314 Å². The number of aliphatic hydroxyl groups excluding tert-OH is 3. The average molecular weight is 917 g/mol. The molecule has 3 unspecified atom stereocenters. The lowest BCUT2D eigenvalue weighted by molar-refractivity contribution is -0.124. The molecule has 0 aromatic heterocycles. The first-order valence-corrected chi connectivity index (χ1v) is 29.6. The minimum Gasteiger partial charge on any atom is -0.394 e. The zero-order valence-electron chi connectivity index (χ0n) is 44.1. The van der Waals surface area contributed by atoms with Crippen LogP contribution in [-0.4, -0.2) is 46.1 Å². The Bertz CT molecular complexity index is 967. The molecule has 0 bridgehead atoms. The van der Waals surface area contributed by atoms with E-state index in [0.717, 1.165) is 32.1 Å². The number of rotatable bonds is 55. The molecule has 0 spiro atoms. The van der Waals surface area contributed by atoms with E-state index in [-0.39, 0.29) is 18.9 Å². The number of carbonyl (C=O) groups excluding carboxylic acids is 1. The molecular formula is C60H117NO4. The number of aliphatic hydroxyl groups is 3. The van der Waals surface area contributed by atoms with Crippen LogP contribution in [0, 0.1) is 0 Å². The molecule has 3 atom stereocenters. The van der Waals surface area contributed by atoms with E-state index in [1.807, 2.05) is 6.08 Å². The van der Waals surface area contributed by atoms with Gasteiger partial charge in [0, 0.05) is 0 Å². The second-order valence-corrected chi connectivity index (χ2v) is 20.6. The smallest absolute Gasteiger partial charge is 0.222 e. The van der Waals surface area contributed by atoms with Crippen molar-refractivity contribution < 1.29 is 20.1 Å². The van der Waals surface area contributed by atoms with Crippen LogP contribution in [0.15, 0.2) is 24.3 Å². The van der Waals surface area contributed by atoms with Crippen LogP contribution in [0.3, 0.4) is 0 Å². The number of allylic oxidation sites excluding steroid dienone is 3. The van der Waals surface area contributed by atoms with Crippen LogP contribution in [0.1, 0.15) is 328 Å². The largest absolute Gasteiger partial charge is 0.394 e. The SMILES string of the molecule is CCCCCCCCCCC/C=C/CC/C=C/C(O)C(CO)NC(=O)CC(O)CCCCCCCCCCCCCCCCCCCCCCCCCCCCCCCCCCCCC. The van der Waals surface area contributed by atoms with Crippen LogP contribution in [0.2, 0.25) is 0 Å². The first-order valence-electron chi connectivity index (χ1n) is 29.6. The monoisotopic (exact) mass is 916 g/mol. The molecule has 0 aromatic rings. The molecule has 0 aliphatic heterocycles. The summed E-state index contributed by atoms with van der Waals surface area (Å²) >= 11 is 0. The molecule has 0 heterocycles. The molecule has 5 heteroatoms. The van der Waals surface area contributed by atoms with Gasteiger partial charge < -0.3 is 20.6 Å². The number of nitrogens with one attached hydrogen (secondary N) is 1. The van der Waals surface area contributed by atoms with Crippen molar-refractivity contribution >= 4 is 5.91 Å². The van der Waals surface area contributed by atoms with E-state index < -0.39 is 18.2 Å². The molecule has 0 fully saturated rings. The van der Waals surface area contributed by atoms with E-state index in [2.05, 4.69) is 31.3 Å². The molecule has 65 heavy (non-hydrogen) atoms. The maximum Gasteiger partial charge on any atom is 0.222 e. The maximum atomic E-state index is 12.5. The summed E-state index contributed by atoms with van der Waals surface area (Å²) in [6, 6.07) is -0.758. The Labute approximate surface area is 407 Å². The fraction of sp³-hybridized carbons (Fsp3) is 0.917. The third-order valence-electron chi connectivity index (χ3n) is 14.0. The third-order valence-corrected chi connectivity index (χ3v) is 14.0. The van der Waals surface area contributed by atoms with Crippen molar-refractivity contribution in [1.82, 2.24) is 5.32 Å². The minimum absolute atomic E-state index is 0.0103. The van der Waals surface area contributed by atoms with Crippen LogP contribution < -0.4 is 5.32 Å². The lowest BCUT2D eigenvalue weighted by Crippen LogP contribution is -2.45. The summed E-state index contributed by atoms with van der Waals surface area (Å²) in [5.41, 5.74) is 0. The average Bonchev–Trinajstić information content (AvgIpc) is 3.30. The number of unbranched alkanes of at least 4 members (excludes halogenated alkanes) is 44. The Morgan fingerprint density at radius 2 is 0.662 bits per heavy atom. The topological polar surface area (TPSA) is 89.8 Å². The van der Waals surface area contributed by atoms with Crippen molar-refractivity contribution in [3.05, 3.63) is 24.3 Å². The van der Waals surface area contributed by atoms with Crippen molar-refractivity contribution in [3.8, 4) is 0 Å². The zero-order valence-corrected chi connectivity index (χ0v) is 44.1. The van der Waals surface area contributed by atoms with Crippen LogP contribution >= 0.6 is 0 Å². The van der Waals surface area contributed by atoms with Gasteiger partial charge in [-0.05, 0) is 32.1 Å². The lowest BCUT2D eigenvalue weighted by Gasteiger charge is -2.21. The summed E-state index contributed by atoms with van der Waals surface area (Å²) in [4.78, 5) is 12.5. The van der Waals surface area contributed by atoms with E-state index in [9.17, 15) is 20.1 Å². The van der Waals surface area contributed by atoms with Crippen molar-refractivity contribution in [1.29, 1.82) is 0 Å². The van der Waals surface area contributed by atoms with Crippen LogP contribution in [0.5, 0.6) is 0 Å². The fourth-order valence-electron chi connectivity index (χ4n) is 9.48. The van der Waals surface area contributed by atoms with Gasteiger partial charge in [0.25, 0.3) is 0 Å². The van der Waals surface area contributed by atoms with E-state index in [1.165, 1.54) is 270 Å². The quantitative estimate of drug-likeness (QED) is 0.0361. The highest BCUT2D eigenvalue weighted by Crippen LogP contribution is 2.18. The van der Waals surface area contributed by atoms with Gasteiger partial charge in [-0.15, -0.1) is 0 Å². The molecular weight excluding hydrogens is 799 g/mol. The van der Waals surface area contributed by atoms with Crippen LogP contribution in [-0.2, 0) is 4.79 Å².